The van der Waals surface area contributed by atoms with Gasteiger partial charge in [-0.1, -0.05) is 45.1 Å². The SMILES string of the molecule is CC[C@H]1CC[C@H](CCc2ccc(C#N)cc2F)CC1. The largest absolute Gasteiger partial charge is 0.207 e. The lowest BCUT2D eigenvalue weighted by Crippen LogP contribution is -2.14. The van der Waals surface area contributed by atoms with Crippen molar-refractivity contribution < 1.29 is 4.39 Å². The second-order valence-electron chi connectivity index (χ2n) is 5.75. The summed E-state index contributed by atoms with van der Waals surface area (Å²) in [5.41, 5.74) is 1.17. The Kier molecular flexibility index (Phi) is 4.96. The van der Waals surface area contributed by atoms with Crippen molar-refractivity contribution >= 4 is 0 Å². The van der Waals surface area contributed by atoms with Crippen LogP contribution in [0, 0.1) is 29.0 Å². The molecule has 0 amide bonds. The van der Waals surface area contributed by atoms with E-state index in [4.69, 9.17) is 5.26 Å². The summed E-state index contributed by atoms with van der Waals surface area (Å²) >= 11 is 0. The van der Waals surface area contributed by atoms with Crippen LogP contribution in [-0.4, -0.2) is 0 Å². The summed E-state index contributed by atoms with van der Waals surface area (Å²) < 4.78 is 13.8. The molecule has 0 heterocycles. The molecule has 0 unspecified atom stereocenters. The van der Waals surface area contributed by atoms with Crippen molar-refractivity contribution in [3.05, 3.63) is 35.1 Å². The van der Waals surface area contributed by atoms with E-state index in [2.05, 4.69) is 6.92 Å². The molecule has 1 aromatic carbocycles. The van der Waals surface area contributed by atoms with E-state index in [1.807, 2.05) is 6.07 Å². The fraction of sp³-hybridized carbons (Fsp3) is 0.588. The van der Waals surface area contributed by atoms with Gasteiger partial charge in [-0.05, 0) is 42.4 Å². The van der Waals surface area contributed by atoms with Gasteiger partial charge in [0.1, 0.15) is 5.82 Å². The van der Waals surface area contributed by atoms with Crippen LogP contribution in [0.2, 0.25) is 0 Å². The van der Waals surface area contributed by atoms with Crippen molar-refractivity contribution in [2.75, 3.05) is 0 Å². The number of benzene rings is 1. The van der Waals surface area contributed by atoms with Gasteiger partial charge in [-0.15, -0.1) is 0 Å². The predicted molar refractivity (Wildman–Crippen MR) is 75.2 cm³/mol. The Bertz CT molecular complexity index is 453. The van der Waals surface area contributed by atoms with E-state index in [-0.39, 0.29) is 5.82 Å². The van der Waals surface area contributed by atoms with Crippen LogP contribution in [0.5, 0.6) is 0 Å². The van der Waals surface area contributed by atoms with Crippen molar-refractivity contribution in [1.29, 1.82) is 5.26 Å². The summed E-state index contributed by atoms with van der Waals surface area (Å²) in [6, 6.07) is 6.81. The molecule has 0 radical (unpaired) electrons. The highest BCUT2D eigenvalue weighted by Crippen LogP contribution is 2.33. The number of hydrogen-bond acceptors (Lipinski definition) is 1. The number of aryl methyl sites for hydroxylation is 1. The van der Waals surface area contributed by atoms with E-state index in [1.54, 1.807) is 12.1 Å². The van der Waals surface area contributed by atoms with Crippen molar-refractivity contribution in [2.24, 2.45) is 11.8 Å². The average molecular weight is 259 g/mol. The van der Waals surface area contributed by atoms with E-state index in [0.29, 0.717) is 5.56 Å². The van der Waals surface area contributed by atoms with Crippen LogP contribution in [0.3, 0.4) is 0 Å². The molecule has 0 atom stereocenters. The normalized spacial score (nSPS) is 23.0. The molecule has 0 bridgehead atoms. The van der Waals surface area contributed by atoms with Crippen LogP contribution in [0.25, 0.3) is 0 Å². The maximum atomic E-state index is 13.8. The maximum Gasteiger partial charge on any atom is 0.127 e. The van der Waals surface area contributed by atoms with Crippen molar-refractivity contribution in [1.82, 2.24) is 0 Å². The van der Waals surface area contributed by atoms with Crippen LogP contribution < -0.4 is 0 Å². The van der Waals surface area contributed by atoms with Crippen LogP contribution in [-0.2, 0) is 6.42 Å². The molecule has 19 heavy (non-hydrogen) atoms. The van der Waals surface area contributed by atoms with Crippen molar-refractivity contribution in [3.63, 3.8) is 0 Å². The minimum Gasteiger partial charge on any atom is -0.207 e. The molecular weight excluding hydrogens is 237 g/mol. The van der Waals surface area contributed by atoms with Crippen molar-refractivity contribution in [2.45, 2.75) is 51.9 Å². The Morgan fingerprint density at radius 2 is 1.89 bits per heavy atom. The first-order chi connectivity index (χ1) is 9.22. The fourth-order valence-corrected chi connectivity index (χ4v) is 3.11. The molecule has 1 saturated carbocycles. The van der Waals surface area contributed by atoms with Gasteiger partial charge in [-0.25, -0.2) is 4.39 Å². The quantitative estimate of drug-likeness (QED) is 0.758. The predicted octanol–water partition coefficient (Wildman–Crippen LogP) is 4.85. The molecule has 2 heteroatoms. The van der Waals surface area contributed by atoms with Gasteiger partial charge in [-0.3, -0.25) is 0 Å². The first kappa shape index (κ1) is 14.1. The van der Waals surface area contributed by atoms with Gasteiger partial charge in [0.2, 0.25) is 0 Å². The van der Waals surface area contributed by atoms with Gasteiger partial charge in [0.05, 0.1) is 11.6 Å². The van der Waals surface area contributed by atoms with E-state index >= 15 is 0 Å². The van der Waals surface area contributed by atoms with E-state index in [0.717, 1.165) is 30.2 Å². The molecule has 0 aromatic heterocycles. The number of nitrogens with zero attached hydrogens (tertiary/aromatic N) is 1. The molecule has 1 nitrogen and oxygen atoms in total. The van der Waals surface area contributed by atoms with Gasteiger partial charge in [0, 0.05) is 0 Å². The molecule has 0 N–H and O–H groups in total. The number of nitriles is 1. The highest BCUT2D eigenvalue weighted by atomic mass is 19.1. The number of halogens is 1. The minimum atomic E-state index is -0.221. The molecule has 1 fully saturated rings. The highest BCUT2D eigenvalue weighted by Gasteiger charge is 2.20. The van der Waals surface area contributed by atoms with Crippen LogP contribution in [0.1, 0.15) is 56.6 Å². The molecule has 2 rings (SSSR count). The second-order valence-corrected chi connectivity index (χ2v) is 5.75. The zero-order valence-corrected chi connectivity index (χ0v) is 11.7. The zero-order valence-electron chi connectivity index (χ0n) is 11.7. The highest BCUT2D eigenvalue weighted by molar-refractivity contribution is 5.32. The fourth-order valence-electron chi connectivity index (χ4n) is 3.11. The summed E-state index contributed by atoms with van der Waals surface area (Å²) in [6.45, 7) is 2.27. The molecule has 0 spiro atoms. The molecule has 102 valence electrons. The Morgan fingerprint density at radius 1 is 1.21 bits per heavy atom. The summed E-state index contributed by atoms with van der Waals surface area (Å²) in [5, 5.41) is 8.72. The summed E-state index contributed by atoms with van der Waals surface area (Å²) in [6.07, 6.45) is 8.48. The molecule has 1 aliphatic carbocycles. The zero-order chi connectivity index (χ0) is 13.7. The van der Waals surface area contributed by atoms with Gasteiger partial charge in [0.15, 0.2) is 0 Å². The Balaban J connectivity index is 1.85. The summed E-state index contributed by atoms with van der Waals surface area (Å²) in [5.74, 6) is 1.46. The number of hydrogen-bond donors (Lipinski definition) is 0. The lowest BCUT2D eigenvalue weighted by molar-refractivity contribution is 0.258. The number of rotatable bonds is 4. The first-order valence-electron chi connectivity index (χ1n) is 7.41. The Labute approximate surface area is 115 Å². The smallest absolute Gasteiger partial charge is 0.127 e. The summed E-state index contributed by atoms with van der Waals surface area (Å²) in [4.78, 5) is 0. The van der Waals surface area contributed by atoms with E-state index < -0.39 is 0 Å². The van der Waals surface area contributed by atoms with Crippen molar-refractivity contribution in [3.8, 4) is 6.07 Å². The monoisotopic (exact) mass is 259 g/mol. The Morgan fingerprint density at radius 3 is 2.47 bits per heavy atom. The lowest BCUT2D eigenvalue weighted by atomic mass is 9.78. The molecular formula is C17H22FN. The average Bonchev–Trinajstić information content (AvgIpc) is 2.46. The molecule has 1 aliphatic rings. The minimum absolute atomic E-state index is 0.221. The first-order valence-corrected chi connectivity index (χ1v) is 7.41. The van der Waals surface area contributed by atoms with E-state index in [9.17, 15) is 4.39 Å². The molecule has 1 aromatic rings. The topological polar surface area (TPSA) is 23.8 Å². The third-order valence-electron chi connectivity index (χ3n) is 4.55. The van der Waals surface area contributed by atoms with Gasteiger partial charge in [-0.2, -0.15) is 5.26 Å². The molecule has 0 aliphatic heterocycles. The van der Waals surface area contributed by atoms with Gasteiger partial charge in [0.25, 0.3) is 0 Å². The van der Waals surface area contributed by atoms with Gasteiger partial charge < -0.3 is 0 Å². The molecule has 0 saturated heterocycles. The summed E-state index contributed by atoms with van der Waals surface area (Å²) in [7, 11) is 0. The van der Waals surface area contributed by atoms with E-state index in [1.165, 1.54) is 38.2 Å². The Hall–Kier alpha value is -1.36. The third kappa shape index (κ3) is 3.80. The maximum absolute atomic E-state index is 13.8. The standard InChI is InChI=1S/C17H22FN/c1-2-13-3-5-14(6-4-13)7-9-16-10-8-15(12-19)11-17(16)18/h8,10-11,13-14H,2-7,9H2,1H3/t13-,14-. The second kappa shape index (κ2) is 6.70. The van der Waals surface area contributed by atoms with Gasteiger partial charge >= 0.3 is 0 Å². The van der Waals surface area contributed by atoms with Crippen LogP contribution in [0.15, 0.2) is 18.2 Å². The van der Waals surface area contributed by atoms with Crippen LogP contribution in [0.4, 0.5) is 4.39 Å². The third-order valence-corrected chi connectivity index (χ3v) is 4.55. The van der Waals surface area contributed by atoms with Crippen LogP contribution >= 0.6 is 0 Å². The lowest BCUT2D eigenvalue weighted by Gasteiger charge is -2.27.